The number of likely N-dealkylation sites (tertiary alicyclic amines) is 1. The molecule has 0 bridgehead atoms. The number of urea groups is 1. The van der Waals surface area contributed by atoms with Crippen molar-refractivity contribution in [2.75, 3.05) is 25.2 Å². The first-order chi connectivity index (χ1) is 14.7. The van der Waals surface area contributed by atoms with Gasteiger partial charge in [0, 0.05) is 31.7 Å². The number of rotatable bonds is 6. The Labute approximate surface area is 176 Å². The number of hydrogen-bond donors (Lipinski definition) is 2. The van der Waals surface area contributed by atoms with Gasteiger partial charge in [-0.25, -0.2) is 4.79 Å². The minimum absolute atomic E-state index is 0.0264. The molecule has 1 saturated heterocycles. The summed E-state index contributed by atoms with van der Waals surface area (Å²) in [7, 11) is 0. The Morgan fingerprint density at radius 2 is 1.90 bits per heavy atom. The summed E-state index contributed by atoms with van der Waals surface area (Å²) >= 11 is 0. The normalized spacial score (nSPS) is 17.5. The van der Waals surface area contributed by atoms with E-state index in [9.17, 15) is 9.59 Å². The van der Waals surface area contributed by atoms with Gasteiger partial charge >= 0.3 is 6.03 Å². The van der Waals surface area contributed by atoms with Gasteiger partial charge in [-0.15, -0.1) is 0 Å². The molecule has 4 rings (SSSR count). The van der Waals surface area contributed by atoms with Gasteiger partial charge in [0.15, 0.2) is 11.5 Å². The zero-order valence-corrected chi connectivity index (χ0v) is 16.9. The molecule has 1 fully saturated rings. The Balaban J connectivity index is 1.19. The van der Waals surface area contributed by atoms with E-state index in [0.717, 1.165) is 48.6 Å². The van der Waals surface area contributed by atoms with Gasteiger partial charge in [-0.1, -0.05) is 24.3 Å². The van der Waals surface area contributed by atoms with Crippen LogP contribution in [-0.4, -0.2) is 36.7 Å². The molecule has 0 spiro atoms. The van der Waals surface area contributed by atoms with E-state index in [0.29, 0.717) is 25.4 Å². The van der Waals surface area contributed by atoms with Crippen LogP contribution in [0.25, 0.3) is 0 Å². The van der Waals surface area contributed by atoms with Crippen molar-refractivity contribution in [3.05, 3.63) is 54.1 Å². The third-order valence-electron chi connectivity index (χ3n) is 5.54. The van der Waals surface area contributed by atoms with Crippen molar-refractivity contribution in [3.63, 3.8) is 0 Å². The number of fused-ring (bicyclic) bond motifs is 1. The minimum atomic E-state index is -0.0711. The number of benzene rings is 2. The number of amides is 3. The fraction of sp³-hybridized carbons (Fsp3) is 0.391. The molecule has 7 nitrogen and oxygen atoms in total. The maximum absolute atomic E-state index is 12.5. The quantitative estimate of drug-likeness (QED) is 0.761. The molecule has 2 N–H and O–H groups in total. The summed E-state index contributed by atoms with van der Waals surface area (Å²) in [4.78, 5) is 26.6. The summed E-state index contributed by atoms with van der Waals surface area (Å²) in [5.41, 5.74) is 1.78. The number of anilines is 1. The molecule has 0 saturated carbocycles. The predicted octanol–water partition coefficient (Wildman–Crippen LogP) is 3.76. The molecular formula is C23H27N3O4. The molecular weight excluding hydrogens is 382 g/mol. The van der Waals surface area contributed by atoms with Gasteiger partial charge in [-0.3, -0.25) is 4.79 Å². The lowest BCUT2D eigenvalue weighted by Gasteiger charge is -2.32. The van der Waals surface area contributed by atoms with Crippen LogP contribution in [-0.2, 0) is 11.3 Å². The van der Waals surface area contributed by atoms with Gasteiger partial charge in [-0.2, -0.15) is 0 Å². The van der Waals surface area contributed by atoms with E-state index in [1.807, 2.05) is 53.4 Å². The SMILES string of the molecule is O=C(CC[C@H]1CCCN(C(=O)Nc2ccccc2)C1)NCc1ccc2c(c1)OCO2. The Hall–Kier alpha value is -3.22. The summed E-state index contributed by atoms with van der Waals surface area (Å²) < 4.78 is 10.7. The van der Waals surface area contributed by atoms with Crippen molar-refractivity contribution in [2.24, 2.45) is 5.92 Å². The average molecular weight is 409 g/mol. The molecule has 1 atom stereocenters. The number of ether oxygens (including phenoxy) is 2. The molecule has 0 unspecified atom stereocenters. The van der Waals surface area contributed by atoms with Gasteiger partial charge in [0.05, 0.1) is 0 Å². The van der Waals surface area contributed by atoms with Gasteiger partial charge in [-0.05, 0) is 55.0 Å². The topological polar surface area (TPSA) is 79.9 Å². The number of nitrogens with zero attached hydrogens (tertiary/aromatic N) is 1. The molecule has 158 valence electrons. The van der Waals surface area contributed by atoms with E-state index in [2.05, 4.69) is 10.6 Å². The van der Waals surface area contributed by atoms with Crippen LogP contribution < -0.4 is 20.1 Å². The van der Waals surface area contributed by atoms with Crippen molar-refractivity contribution in [1.82, 2.24) is 10.2 Å². The zero-order valence-electron chi connectivity index (χ0n) is 16.9. The van der Waals surface area contributed by atoms with E-state index in [4.69, 9.17) is 9.47 Å². The van der Waals surface area contributed by atoms with Gasteiger partial charge in [0.25, 0.3) is 0 Å². The number of piperidine rings is 1. The summed E-state index contributed by atoms with van der Waals surface area (Å²) in [5, 5.41) is 5.91. The highest BCUT2D eigenvalue weighted by molar-refractivity contribution is 5.89. The molecule has 2 aromatic carbocycles. The van der Waals surface area contributed by atoms with Crippen LogP contribution in [0.4, 0.5) is 10.5 Å². The third kappa shape index (κ3) is 5.23. The lowest BCUT2D eigenvalue weighted by Crippen LogP contribution is -2.42. The van der Waals surface area contributed by atoms with Crippen molar-refractivity contribution in [2.45, 2.75) is 32.2 Å². The Morgan fingerprint density at radius 3 is 2.77 bits per heavy atom. The molecule has 2 heterocycles. The lowest BCUT2D eigenvalue weighted by atomic mass is 9.93. The Kier molecular flexibility index (Phi) is 6.37. The Morgan fingerprint density at radius 1 is 1.07 bits per heavy atom. The van der Waals surface area contributed by atoms with E-state index >= 15 is 0 Å². The standard InChI is InChI=1S/C23H27N3O4/c27-22(24-14-18-8-10-20-21(13-18)30-16-29-20)11-9-17-5-4-12-26(15-17)23(28)25-19-6-2-1-3-7-19/h1-3,6-8,10,13,17H,4-5,9,11-12,14-16H2,(H,24,27)(H,25,28)/t17-/m1/s1. The van der Waals surface area contributed by atoms with Crippen molar-refractivity contribution in [1.29, 1.82) is 0 Å². The molecule has 2 aliphatic heterocycles. The van der Waals surface area contributed by atoms with Crippen LogP contribution in [0.15, 0.2) is 48.5 Å². The zero-order chi connectivity index (χ0) is 20.8. The van der Waals surface area contributed by atoms with Crippen LogP contribution in [0.5, 0.6) is 11.5 Å². The Bertz CT molecular complexity index is 887. The summed E-state index contributed by atoms with van der Waals surface area (Å²) in [6, 6.07) is 15.1. The summed E-state index contributed by atoms with van der Waals surface area (Å²) in [6.07, 6.45) is 3.25. The number of carbonyl (C=O) groups excluding carboxylic acids is 2. The van der Waals surface area contributed by atoms with Crippen LogP contribution in [0, 0.1) is 5.92 Å². The second kappa shape index (κ2) is 9.52. The summed E-state index contributed by atoms with van der Waals surface area (Å²) in [5.74, 6) is 1.83. The first-order valence-electron chi connectivity index (χ1n) is 10.4. The summed E-state index contributed by atoms with van der Waals surface area (Å²) in [6.45, 7) is 2.15. The van der Waals surface area contributed by atoms with Gasteiger partial charge in [0.1, 0.15) is 0 Å². The number of hydrogen-bond acceptors (Lipinski definition) is 4. The maximum atomic E-state index is 12.5. The smallest absolute Gasteiger partial charge is 0.321 e. The van der Waals surface area contributed by atoms with Gasteiger partial charge in [0.2, 0.25) is 12.7 Å². The number of nitrogens with one attached hydrogen (secondary N) is 2. The molecule has 0 radical (unpaired) electrons. The molecule has 0 aliphatic carbocycles. The minimum Gasteiger partial charge on any atom is -0.454 e. The van der Waals surface area contributed by atoms with Crippen molar-refractivity contribution < 1.29 is 19.1 Å². The van der Waals surface area contributed by atoms with Crippen molar-refractivity contribution >= 4 is 17.6 Å². The fourth-order valence-electron chi connectivity index (χ4n) is 3.88. The monoisotopic (exact) mass is 409 g/mol. The van der Waals surface area contributed by atoms with E-state index in [1.54, 1.807) is 0 Å². The third-order valence-corrected chi connectivity index (χ3v) is 5.54. The highest BCUT2D eigenvalue weighted by Crippen LogP contribution is 2.32. The largest absolute Gasteiger partial charge is 0.454 e. The highest BCUT2D eigenvalue weighted by Gasteiger charge is 2.24. The molecule has 7 heteroatoms. The first kappa shape index (κ1) is 20.1. The predicted molar refractivity (Wildman–Crippen MR) is 113 cm³/mol. The van der Waals surface area contributed by atoms with E-state index in [1.165, 1.54) is 0 Å². The molecule has 2 aliphatic rings. The van der Waals surface area contributed by atoms with Crippen LogP contribution >= 0.6 is 0 Å². The first-order valence-corrected chi connectivity index (χ1v) is 10.4. The van der Waals surface area contributed by atoms with Crippen LogP contribution in [0.1, 0.15) is 31.2 Å². The van der Waals surface area contributed by atoms with Crippen LogP contribution in [0.2, 0.25) is 0 Å². The number of carbonyl (C=O) groups is 2. The number of para-hydroxylation sites is 1. The second-order valence-electron chi connectivity index (χ2n) is 7.75. The fourth-order valence-corrected chi connectivity index (χ4v) is 3.88. The molecule has 3 amide bonds. The van der Waals surface area contributed by atoms with Gasteiger partial charge < -0.3 is 25.0 Å². The molecule has 2 aromatic rings. The average Bonchev–Trinajstić information content (AvgIpc) is 3.25. The maximum Gasteiger partial charge on any atom is 0.321 e. The highest BCUT2D eigenvalue weighted by atomic mass is 16.7. The molecule has 30 heavy (non-hydrogen) atoms. The second-order valence-corrected chi connectivity index (χ2v) is 7.75. The van der Waals surface area contributed by atoms with E-state index in [-0.39, 0.29) is 18.7 Å². The van der Waals surface area contributed by atoms with Crippen molar-refractivity contribution in [3.8, 4) is 11.5 Å². The van der Waals surface area contributed by atoms with E-state index < -0.39 is 0 Å². The van der Waals surface area contributed by atoms with Crippen LogP contribution in [0.3, 0.4) is 0 Å². The molecule has 0 aromatic heterocycles. The lowest BCUT2D eigenvalue weighted by molar-refractivity contribution is -0.121.